The van der Waals surface area contributed by atoms with Crippen LogP contribution in [0.25, 0.3) is 0 Å². The van der Waals surface area contributed by atoms with E-state index in [2.05, 4.69) is 0 Å². The summed E-state index contributed by atoms with van der Waals surface area (Å²) in [4.78, 5) is 0. The molecule has 0 saturated heterocycles. The minimum atomic E-state index is -0.826. The fraction of sp³-hybridized carbons (Fsp3) is 0.200. The van der Waals surface area contributed by atoms with Crippen molar-refractivity contribution in [2.24, 2.45) is 0 Å². The highest BCUT2D eigenvalue weighted by molar-refractivity contribution is 5.10. The number of nitrogens with zero attached hydrogens (tertiary/aromatic N) is 1. The van der Waals surface area contributed by atoms with Gasteiger partial charge in [0.15, 0.2) is 0 Å². The van der Waals surface area contributed by atoms with E-state index in [0.29, 0.717) is 0 Å². The van der Waals surface area contributed by atoms with Crippen LogP contribution in [0, 0.1) is 0 Å². The largest absolute Gasteiger partial charge is 0.217 e. The van der Waals surface area contributed by atoms with Gasteiger partial charge < -0.3 is 0 Å². The van der Waals surface area contributed by atoms with Crippen LogP contribution >= 0.6 is 0 Å². The van der Waals surface area contributed by atoms with Crippen LogP contribution in [0.1, 0.15) is 0 Å². The molecular weight excluding hydrogens is 112 g/mol. The zero-order valence-electron chi connectivity index (χ0n) is 4.14. The maximum Gasteiger partial charge on any atom is 0.217 e. The van der Waals surface area contributed by atoms with Crippen molar-refractivity contribution in [2.75, 3.05) is 6.54 Å². The van der Waals surface area contributed by atoms with E-state index >= 15 is 0 Å². The molecule has 44 valence electrons. The monoisotopic (exact) mass is 117 g/mol. The molecule has 1 rings (SSSR count). The predicted octanol–water partition coefficient (Wildman–Crippen LogP) is 1.55. The second-order valence-electron chi connectivity index (χ2n) is 1.46. The fourth-order valence-corrected chi connectivity index (χ4v) is 0.469. The first-order valence-corrected chi connectivity index (χ1v) is 2.26. The third-order valence-electron chi connectivity index (χ3n) is 0.867. The average molecular weight is 117 g/mol. The summed E-state index contributed by atoms with van der Waals surface area (Å²) in [6.45, 7) is 0.0162. The molecule has 0 atom stereocenters. The van der Waals surface area contributed by atoms with E-state index in [1.165, 1.54) is 12.2 Å². The van der Waals surface area contributed by atoms with Gasteiger partial charge in [-0.25, -0.2) is 0 Å². The fourth-order valence-electron chi connectivity index (χ4n) is 0.469. The van der Waals surface area contributed by atoms with E-state index in [1.54, 1.807) is 0 Å². The van der Waals surface area contributed by atoms with E-state index in [-0.39, 0.29) is 11.7 Å². The van der Waals surface area contributed by atoms with E-state index in [9.17, 15) is 8.87 Å². The molecule has 0 unspecified atom stereocenters. The lowest BCUT2D eigenvalue weighted by atomic mass is 10.4. The van der Waals surface area contributed by atoms with Crippen LogP contribution in [0.3, 0.4) is 0 Å². The third kappa shape index (κ3) is 0.857. The molecular formula is C5H5F2N. The van der Waals surface area contributed by atoms with E-state index in [4.69, 9.17) is 0 Å². The zero-order valence-corrected chi connectivity index (χ0v) is 4.14. The summed E-state index contributed by atoms with van der Waals surface area (Å²) in [5, 5.41) is 0.0417. The Morgan fingerprint density at radius 1 is 1.62 bits per heavy atom. The molecule has 0 aromatic heterocycles. The average Bonchev–Trinajstić information content (AvgIpc) is 1.77. The summed E-state index contributed by atoms with van der Waals surface area (Å²) in [5.41, 5.74) is 0. The number of allylic oxidation sites excluding steroid dienone is 2. The lowest BCUT2D eigenvalue weighted by Crippen LogP contribution is -2.11. The van der Waals surface area contributed by atoms with Gasteiger partial charge in [-0.05, 0) is 6.08 Å². The van der Waals surface area contributed by atoms with Gasteiger partial charge in [0.1, 0.15) is 0 Å². The highest BCUT2D eigenvalue weighted by Gasteiger charge is 2.05. The normalized spacial score (nSPS) is 18.8. The number of rotatable bonds is 0. The summed E-state index contributed by atoms with van der Waals surface area (Å²) < 4.78 is 23.9. The van der Waals surface area contributed by atoms with Gasteiger partial charge in [-0.2, -0.15) is 9.51 Å². The Kier molecular flexibility index (Phi) is 1.28. The predicted molar refractivity (Wildman–Crippen MR) is 26.1 cm³/mol. The zero-order chi connectivity index (χ0) is 5.98. The van der Waals surface area contributed by atoms with Crippen molar-refractivity contribution in [1.82, 2.24) is 5.12 Å². The van der Waals surface area contributed by atoms with Crippen molar-refractivity contribution in [3.8, 4) is 0 Å². The minimum absolute atomic E-state index is 0.0162. The second-order valence-corrected chi connectivity index (χ2v) is 1.46. The lowest BCUT2D eigenvalue weighted by Gasteiger charge is -2.09. The molecule has 1 heterocycles. The van der Waals surface area contributed by atoms with Crippen LogP contribution in [0.4, 0.5) is 8.87 Å². The first kappa shape index (κ1) is 5.28. The Labute approximate surface area is 45.8 Å². The Balaban J connectivity index is 2.66. The van der Waals surface area contributed by atoms with Gasteiger partial charge in [0.05, 0.1) is 6.54 Å². The van der Waals surface area contributed by atoms with Crippen molar-refractivity contribution in [3.05, 3.63) is 24.2 Å². The van der Waals surface area contributed by atoms with Gasteiger partial charge in [0, 0.05) is 0 Å². The quantitative estimate of drug-likeness (QED) is 0.343. The van der Waals surface area contributed by atoms with Crippen LogP contribution in [-0.4, -0.2) is 11.7 Å². The van der Waals surface area contributed by atoms with E-state index < -0.39 is 5.95 Å². The first-order chi connectivity index (χ1) is 3.80. The van der Waals surface area contributed by atoms with Crippen LogP contribution in [0.5, 0.6) is 0 Å². The Bertz CT molecular complexity index is 139. The molecule has 1 aliphatic rings. The number of halogens is 2. The summed E-state index contributed by atoms with van der Waals surface area (Å²) >= 11 is 0. The van der Waals surface area contributed by atoms with Crippen LogP contribution in [0.2, 0.25) is 0 Å². The maximum absolute atomic E-state index is 11.9. The van der Waals surface area contributed by atoms with Crippen molar-refractivity contribution >= 4 is 0 Å². The molecule has 0 N–H and O–H groups in total. The summed E-state index contributed by atoms with van der Waals surface area (Å²) in [5.74, 6) is -0.826. The molecule has 1 aliphatic heterocycles. The SMILES string of the molecule is FC1=CC=CCN1F. The topological polar surface area (TPSA) is 3.24 Å². The molecule has 3 heteroatoms. The second kappa shape index (κ2) is 1.94. The van der Waals surface area contributed by atoms with Gasteiger partial charge in [0.25, 0.3) is 0 Å². The Morgan fingerprint density at radius 3 is 2.75 bits per heavy atom. The molecule has 0 aromatic rings. The lowest BCUT2D eigenvalue weighted by molar-refractivity contribution is 0.0501. The highest BCUT2D eigenvalue weighted by Crippen LogP contribution is 2.09. The molecule has 8 heavy (non-hydrogen) atoms. The minimum Gasteiger partial charge on any atom is -0.185 e. The number of hydrogen-bond donors (Lipinski definition) is 0. The van der Waals surface area contributed by atoms with E-state index in [1.807, 2.05) is 0 Å². The van der Waals surface area contributed by atoms with Crippen molar-refractivity contribution in [1.29, 1.82) is 0 Å². The standard InChI is InChI=1S/C5H5F2N/c6-5-3-1-2-4-8(5)7/h1-3H,4H2. The van der Waals surface area contributed by atoms with Gasteiger partial charge in [-0.3, -0.25) is 0 Å². The molecule has 0 saturated carbocycles. The highest BCUT2D eigenvalue weighted by atomic mass is 19.2. The van der Waals surface area contributed by atoms with Crippen molar-refractivity contribution in [3.63, 3.8) is 0 Å². The molecule has 0 aliphatic carbocycles. The van der Waals surface area contributed by atoms with Crippen LogP contribution in [-0.2, 0) is 0 Å². The Hall–Kier alpha value is -0.860. The van der Waals surface area contributed by atoms with Crippen molar-refractivity contribution in [2.45, 2.75) is 0 Å². The number of hydrogen-bond acceptors (Lipinski definition) is 1. The van der Waals surface area contributed by atoms with Crippen LogP contribution in [0.15, 0.2) is 24.2 Å². The first-order valence-electron chi connectivity index (χ1n) is 2.26. The van der Waals surface area contributed by atoms with E-state index in [0.717, 1.165) is 6.08 Å². The summed E-state index contributed by atoms with van der Waals surface area (Å²) in [6.07, 6.45) is 4.08. The molecule has 0 amide bonds. The van der Waals surface area contributed by atoms with Crippen LogP contribution < -0.4 is 0 Å². The van der Waals surface area contributed by atoms with Gasteiger partial charge in [-0.15, -0.1) is 0 Å². The Morgan fingerprint density at radius 2 is 2.38 bits per heavy atom. The van der Waals surface area contributed by atoms with Gasteiger partial charge >= 0.3 is 0 Å². The molecule has 0 spiro atoms. The van der Waals surface area contributed by atoms with Crippen molar-refractivity contribution < 1.29 is 8.87 Å². The van der Waals surface area contributed by atoms with Gasteiger partial charge in [-0.1, -0.05) is 16.6 Å². The van der Waals surface area contributed by atoms with Gasteiger partial charge in [0.2, 0.25) is 5.95 Å². The summed E-state index contributed by atoms with van der Waals surface area (Å²) in [7, 11) is 0. The summed E-state index contributed by atoms with van der Waals surface area (Å²) in [6, 6.07) is 0. The molecule has 1 nitrogen and oxygen atoms in total. The smallest absolute Gasteiger partial charge is 0.185 e. The maximum atomic E-state index is 11.9. The third-order valence-corrected chi connectivity index (χ3v) is 0.867. The molecule has 0 fully saturated rings. The molecule has 0 radical (unpaired) electrons. The molecule has 0 bridgehead atoms. The molecule has 0 aromatic carbocycles.